The maximum Gasteiger partial charge on any atom is 0.261 e. The number of fused-ring (bicyclic) bond motifs is 3. The van der Waals surface area contributed by atoms with Crippen molar-refractivity contribution in [3.63, 3.8) is 0 Å². The van der Waals surface area contributed by atoms with Crippen molar-refractivity contribution in [2.45, 2.75) is 18.4 Å². The molecule has 128 valence electrons. The number of hydrogen-bond donors (Lipinski definition) is 1. The number of nitrogens with zero attached hydrogens (tertiary/aromatic N) is 1. The number of rotatable bonds is 3. The first-order chi connectivity index (χ1) is 11.9. The number of halogens is 1. The van der Waals surface area contributed by atoms with Crippen molar-refractivity contribution < 1.29 is 17.7 Å². The second-order valence-corrected chi connectivity index (χ2v) is 7.81. The predicted molar refractivity (Wildman–Crippen MR) is 93.3 cm³/mol. The molecule has 0 radical (unpaired) electrons. The van der Waals surface area contributed by atoms with E-state index in [1.165, 1.54) is 12.1 Å². The van der Waals surface area contributed by atoms with Gasteiger partial charge in [-0.2, -0.15) is 0 Å². The van der Waals surface area contributed by atoms with Crippen LogP contribution < -0.4 is 9.46 Å². The summed E-state index contributed by atoms with van der Waals surface area (Å²) in [7, 11) is -3.78. The lowest BCUT2D eigenvalue weighted by molar-refractivity contribution is 0.297. The fraction of sp³-hybridized carbons (Fsp3) is 0.118. The van der Waals surface area contributed by atoms with Crippen LogP contribution in [-0.4, -0.2) is 13.6 Å². The summed E-state index contributed by atoms with van der Waals surface area (Å²) < 4.78 is 38.9. The number of aryl methyl sites for hydroxylation is 1. The molecule has 8 heteroatoms. The van der Waals surface area contributed by atoms with E-state index in [0.29, 0.717) is 34.4 Å². The fourth-order valence-corrected chi connectivity index (χ4v) is 4.05. The maximum atomic E-state index is 12.7. The van der Waals surface area contributed by atoms with Gasteiger partial charge in [0, 0.05) is 5.02 Å². The molecule has 0 fully saturated rings. The molecule has 4 rings (SSSR count). The molecule has 0 spiro atoms. The van der Waals surface area contributed by atoms with Crippen molar-refractivity contribution in [2.75, 3.05) is 4.72 Å². The van der Waals surface area contributed by atoms with E-state index in [-0.39, 0.29) is 4.90 Å². The standard InChI is InChI=1S/C17H13ClN2O4S/c1-10-6-12(18)2-4-15(10)20-25(21,22)13-3-5-16-14(7-13)17-11(9-23-16)8-19-24-17/h2-8,20H,9H2,1H3. The topological polar surface area (TPSA) is 81.4 Å². The Morgan fingerprint density at radius 2 is 2.04 bits per heavy atom. The predicted octanol–water partition coefficient (Wildman–Crippen LogP) is 4.00. The molecule has 0 aliphatic carbocycles. The van der Waals surface area contributed by atoms with E-state index in [2.05, 4.69) is 9.88 Å². The van der Waals surface area contributed by atoms with Gasteiger partial charge in [-0.15, -0.1) is 0 Å². The van der Waals surface area contributed by atoms with E-state index in [1.54, 1.807) is 37.4 Å². The van der Waals surface area contributed by atoms with Crippen molar-refractivity contribution in [2.24, 2.45) is 0 Å². The minimum atomic E-state index is -3.78. The lowest BCUT2D eigenvalue weighted by Crippen LogP contribution is -2.14. The summed E-state index contributed by atoms with van der Waals surface area (Å²) in [5, 5.41) is 4.30. The normalized spacial score (nSPS) is 12.9. The first-order valence-corrected chi connectivity index (χ1v) is 9.30. The van der Waals surface area contributed by atoms with E-state index < -0.39 is 10.0 Å². The quantitative estimate of drug-likeness (QED) is 0.747. The van der Waals surface area contributed by atoms with Crippen LogP contribution in [0.5, 0.6) is 5.75 Å². The number of ether oxygens (including phenoxy) is 1. The van der Waals surface area contributed by atoms with Gasteiger partial charge < -0.3 is 9.26 Å². The van der Waals surface area contributed by atoms with E-state index in [1.807, 2.05) is 0 Å². The molecular formula is C17H13ClN2O4S. The van der Waals surface area contributed by atoms with E-state index in [9.17, 15) is 8.42 Å². The van der Waals surface area contributed by atoms with Crippen molar-refractivity contribution in [3.05, 3.63) is 58.7 Å². The lowest BCUT2D eigenvalue weighted by atomic mass is 10.1. The highest BCUT2D eigenvalue weighted by atomic mass is 35.5. The third-order valence-corrected chi connectivity index (χ3v) is 5.56. The Kier molecular flexibility index (Phi) is 3.70. The van der Waals surface area contributed by atoms with E-state index in [0.717, 1.165) is 11.1 Å². The van der Waals surface area contributed by atoms with Gasteiger partial charge in [0.2, 0.25) is 0 Å². The van der Waals surface area contributed by atoms with Crippen molar-refractivity contribution in [1.82, 2.24) is 5.16 Å². The zero-order valence-electron chi connectivity index (χ0n) is 13.1. The highest BCUT2D eigenvalue weighted by molar-refractivity contribution is 7.92. The zero-order chi connectivity index (χ0) is 17.6. The lowest BCUT2D eigenvalue weighted by Gasteiger charge is -2.17. The number of benzene rings is 2. The summed E-state index contributed by atoms with van der Waals surface area (Å²) >= 11 is 5.91. The summed E-state index contributed by atoms with van der Waals surface area (Å²) in [4.78, 5) is 0.105. The molecule has 0 saturated heterocycles. The molecule has 1 aliphatic heterocycles. The van der Waals surface area contributed by atoms with Crippen molar-refractivity contribution in [1.29, 1.82) is 0 Å². The number of sulfonamides is 1. The molecule has 25 heavy (non-hydrogen) atoms. The number of nitrogens with one attached hydrogen (secondary N) is 1. The molecule has 0 bridgehead atoms. The largest absolute Gasteiger partial charge is 0.488 e. The molecule has 0 amide bonds. The van der Waals surface area contributed by atoms with Crippen LogP contribution >= 0.6 is 11.6 Å². The Hall–Kier alpha value is -2.51. The average molecular weight is 377 g/mol. The number of aromatic nitrogens is 1. The van der Waals surface area contributed by atoms with E-state index >= 15 is 0 Å². The van der Waals surface area contributed by atoms with Crippen LogP contribution in [-0.2, 0) is 16.6 Å². The van der Waals surface area contributed by atoms with Gasteiger partial charge in [-0.05, 0) is 48.9 Å². The first kappa shape index (κ1) is 16.0. The monoisotopic (exact) mass is 376 g/mol. The van der Waals surface area contributed by atoms with Crippen LogP contribution in [0.3, 0.4) is 0 Å². The highest BCUT2D eigenvalue weighted by Gasteiger charge is 2.25. The third kappa shape index (κ3) is 2.85. The molecule has 1 aromatic heterocycles. The van der Waals surface area contributed by atoms with E-state index in [4.69, 9.17) is 20.9 Å². The van der Waals surface area contributed by atoms with Gasteiger partial charge in [0.1, 0.15) is 12.4 Å². The molecule has 0 saturated carbocycles. The molecule has 2 aromatic carbocycles. The second kappa shape index (κ2) is 5.79. The number of anilines is 1. The van der Waals surface area contributed by atoms with Gasteiger partial charge in [-0.25, -0.2) is 8.42 Å². The third-order valence-electron chi connectivity index (χ3n) is 3.97. The fourth-order valence-electron chi connectivity index (χ4n) is 2.67. The van der Waals surface area contributed by atoms with Crippen LogP contribution in [0.2, 0.25) is 5.02 Å². The molecule has 1 aliphatic rings. The van der Waals surface area contributed by atoms with Gasteiger partial charge in [0.15, 0.2) is 5.76 Å². The van der Waals surface area contributed by atoms with Gasteiger partial charge in [0.25, 0.3) is 10.0 Å². The van der Waals surface area contributed by atoms with Crippen LogP contribution in [0, 0.1) is 6.92 Å². The molecular weight excluding hydrogens is 364 g/mol. The average Bonchev–Trinajstić information content (AvgIpc) is 3.06. The molecule has 3 aromatic rings. The summed E-state index contributed by atoms with van der Waals surface area (Å²) in [6.07, 6.45) is 1.56. The Morgan fingerprint density at radius 3 is 2.84 bits per heavy atom. The van der Waals surface area contributed by atoms with Crippen LogP contribution in [0.25, 0.3) is 11.3 Å². The van der Waals surface area contributed by atoms with Gasteiger partial charge >= 0.3 is 0 Å². The van der Waals surface area contributed by atoms with Gasteiger partial charge in [-0.1, -0.05) is 16.8 Å². The van der Waals surface area contributed by atoms with Crippen molar-refractivity contribution in [3.8, 4) is 17.1 Å². The van der Waals surface area contributed by atoms with Crippen LogP contribution in [0.15, 0.2) is 52.0 Å². The van der Waals surface area contributed by atoms with Crippen molar-refractivity contribution >= 4 is 27.3 Å². The number of hydrogen-bond acceptors (Lipinski definition) is 5. The first-order valence-electron chi connectivity index (χ1n) is 7.44. The highest BCUT2D eigenvalue weighted by Crippen LogP contribution is 2.39. The molecule has 1 N–H and O–H groups in total. The SMILES string of the molecule is Cc1cc(Cl)ccc1NS(=O)(=O)c1ccc2c(c1)-c1oncc1CO2. The smallest absolute Gasteiger partial charge is 0.261 e. The molecule has 6 nitrogen and oxygen atoms in total. The van der Waals surface area contributed by atoms with Crippen LogP contribution in [0.4, 0.5) is 5.69 Å². The Morgan fingerprint density at radius 1 is 1.20 bits per heavy atom. The summed E-state index contributed by atoms with van der Waals surface area (Å²) in [6.45, 7) is 2.13. The molecule has 2 heterocycles. The minimum absolute atomic E-state index is 0.105. The molecule has 0 atom stereocenters. The summed E-state index contributed by atoms with van der Waals surface area (Å²) in [6, 6.07) is 9.59. The second-order valence-electron chi connectivity index (χ2n) is 5.69. The molecule has 0 unspecified atom stereocenters. The minimum Gasteiger partial charge on any atom is -0.488 e. The van der Waals surface area contributed by atoms with Gasteiger partial charge in [0.05, 0.1) is 27.9 Å². The Labute approximate surface area is 149 Å². The van der Waals surface area contributed by atoms with Crippen LogP contribution in [0.1, 0.15) is 11.1 Å². The Bertz CT molecular complexity index is 1080. The van der Waals surface area contributed by atoms with Gasteiger partial charge in [-0.3, -0.25) is 4.72 Å². The summed E-state index contributed by atoms with van der Waals surface area (Å²) in [5.74, 6) is 1.09. The Balaban J connectivity index is 1.73. The maximum absolute atomic E-state index is 12.7. The summed E-state index contributed by atoms with van der Waals surface area (Å²) in [5.41, 5.74) is 2.55. The zero-order valence-corrected chi connectivity index (χ0v) is 14.7.